The number of thiazole rings is 1. The van der Waals surface area contributed by atoms with E-state index in [1.54, 1.807) is 31.0 Å². The van der Waals surface area contributed by atoms with Crippen molar-refractivity contribution in [3.05, 3.63) is 42.4 Å². The molecule has 3 aromatic heterocycles. The minimum atomic E-state index is -0.0967. The highest BCUT2D eigenvalue weighted by Gasteiger charge is 2.15. The second-order valence-corrected chi connectivity index (χ2v) is 7.66. The molecule has 0 radical (unpaired) electrons. The number of hydrogen-bond donors (Lipinski definition) is 1. The number of carbonyl (C=O) groups is 1. The number of nitrogens with one attached hydrogen (secondary N) is 1. The monoisotopic (exact) mass is 395 g/mol. The largest absolute Gasteiger partial charge is 0.384 e. The Balaban J connectivity index is 1.65. The zero-order valence-electron chi connectivity index (χ0n) is 16.0. The minimum Gasteiger partial charge on any atom is -0.384 e. The number of benzene rings is 1. The second-order valence-electron chi connectivity index (χ2n) is 6.68. The molecular weight excluding hydrogens is 374 g/mol. The van der Waals surface area contributed by atoms with Gasteiger partial charge in [0.15, 0.2) is 0 Å². The third-order valence-corrected chi connectivity index (χ3v) is 5.66. The molecular formula is C20H21N5O2S. The van der Waals surface area contributed by atoms with Crippen LogP contribution in [0, 0.1) is 0 Å². The van der Waals surface area contributed by atoms with Gasteiger partial charge in [0.2, 0.25) is 5.91 Å². The molecule has 0 saturated carbocycles. The van der Waals surface area contributed by atoms with Crippen molar-refractivity contribution in [1.82, 2.24) is 24.8 Å². The second kappa shape index (κ2) is 7.65. The van der Waals surface area contributed by atoms with Crippen molar-refractivity contribution in [3.8, 4) is 10.6 Å². The first kappa shape index (κ1) is 18.5. The number of rotatable bonds is 6. The molecule has 144 valence electrons. The zero-order valence-corrected chi connectivity index (χ0v) is 16.8. The lowest BCUT2D eigenvalue weighted by Gasteiger charge is -2.15. The number of ether oxygens (including phenoxy) is 1. The van der Waals surface area contributed by atoms with E-state index in [1.807, 2.05) is 36.7 Å². The van der Waals surface area contributed by atoms with E-state index in [2.05, 4.69) is 21.4 Å². The quantitative estimate of drug-likeness (QED) is 0.541. The molecule has 0 fully saturated rings. The Morgan fingerprint density at radius 3 is 3.04 bits per heavy atom. The Morgan fingerprint density at radius 1 is 1.36 bits per heavy atom. The number of hydrogen-bond acceptors (Lipinski definition) is 6. The summed E-state index contributed by atoms with van der Waals surface area (Å²) in [6.45, 7) is 2.39. The molecule has 0 saturated heterocycles. The average molecular weight is 395 g/mol. The fourth-order valence-electron chi connectivity index (χ4n) is 3.16. The van der Waals surface area contributed by atoms with E-state index in [9.17, 15) is 4.79 Å². The maximum Gasteiger partial charge on any atom is 0.222 e. The van der Waals surface area contributed by atoms with Gasteiger partial charge in [0, 0.05) is 26.1 Å². The summed E-state index contributed by atoms with van der Waals surface area (Å²) in [6.07, 6.45) is 3.91. The average Bonchev–Trinajstić information content (AvgIpc) is 3.30. The summed E-state index contributed by atoms with van der Waals surface area (Å²) in [5, 5.41) is 3.90. The Labute approximate surface area is 166 Å². The number of aromatic nitrogens is 4. The van der Waals surface area contributed by atoms with Gasteiger partial charge in [-0.15, -0.1) is 0 Å². The van der Waals surface area contributed by atoms with Gasteiger partial charge >= 0.3 is 0 Å². The van der Waals surface area contributed by atoms with Gasteiger partial charge in [-0.05, 0) is 18.6 Å². The smallest absolute Gasteiger partial charge is 0.222 e. The zero-order chi connectivity index (χ0) is 19.7. The Bertz CT molecular complexity index is 1150. The summed E-state index contributed by atoms with van der Waals surface area (Å²) in [6, 6.07) is 8.00. The Kier molecular flexibility index (Phi) is 5.06. The maximum atomic E-state index is 12.0. The van der Waals surface area contributed by atoms with Crippen LogP contribution in [0.5, 0.6) is 0 Å². The summed E-state index contributed by atoms with van der Waals surface area (Å²) < 4.78 is 6.93. The lowest BCUT2D eigenvalue weighted by molar-refractivity contribution is -0.122. The molecule has 1 amide bonds. The van der Waals surface area contributed by atoms with Crippen LogP contribution in [-0.2, 0) is 16.6 Å². The van der Waals surface area contributed by atoms with Crippen molar-refractivity contribution < 1.29 is 9.53 Å². The number of methoxy groups -OCH3 is 1. The van der Waals surface area contributed by atoms with Gasteiger partial charge in [0.1, 0.15) is 20.9 Å². The van der Waals surface area contributed by atoms with Gasteiger partial charge in [-0.2, -0.15) is 0 Å². The van der Waals surface area contributed by atoms with Gasteiger partial charge in [0.05, 0.1) is 30.7 Å². The Morgan fingerprint density at radius 2 is 2.21 bits per heavy atom. The topological polar surface area (TPSA) is 81.9 Å². The first-order valence-corrected chi connectivity index (χ1v) is 9.83. The molecule has 8 heteroatoms. The number of carbonyl (C=O) groups excluding carboxylic acids is 1. The van der Waals surface area contributed by atoms with Crippen molar-refractivity contribution in [2.75, 3.05) is 13.7 Å². The molecule has 4 rings (SSSR count). The van der Waals surface area contributed by atoms with Crippen LogP contribution in [0.25, 0.3) is 32.0 Å². The number of nitrogens with zero attached hydrogens (tertiary/aromatic N) is 4. The highest BCUT2D eigenvalue weighted by atomic mass is 32.1. The maximum absolute atomic E-state index is 12.0. The van der Waals surface area contributed by atoms with Crippen LogP contribution in [0.1, 0.15) is 24.9 Å². The van der Waals surface area contributed by atoms with E-state index in [4.69, 9.17) is 9.72 Å². The van der Waals surface area contributed by atoms with Crippen molar-refractivity contribution in [3.63, 3.8) is 0 Å². The van der Waals surface area contributed by atoms with Crippen molar-refractivity contribution in [2.24, 2.45) is 7.05 Å². The van der Waals surface area contributed by atoms with E-state index in [0.29, 0.717) is 13.0 Å². The fourth-order valence-corrected chi connectivity index (χ4v) is 4.07. The SMILES string of the molecule is COCCC(=O)N[C@@H](C)c1cccc(-c2nc3c(ncc4ncn(C)c43)s2)c1. The van der Waals surface area contributed by atoms with Crippen molar-refractivity contribution in [2.45, 2.75) is 19.4 Å². The van der Waals surface area contributed by atoms with Crippen LogP contribution in [-0.4, -0.2) is 39.1 Å². The molecule has 0 aliphatic rings. The number of fused-ring (bicyclic) bond motifs is 3. The molecule has 3 heterocycles. The van der Waals surface area contributed by atoms with E-state index >= 15 is 0 Å². The normalized spacial score (nSPS) is 12.5. The summed E-state index contributed by atoms with van der Waals surface area (Å²) in [7, 11) is 3.55. The lowest BCUT2D eigenvalue weighted by atomic mass is 10.1. The molecule has 28 heavy (non-hydrogen) atoms. The lowest BCUT2D eigenvalue weighted by Crippen LogP contribution is -2.27. The third kappa shape index (κ3) is 3.48. The number of aryl methyl sites for hydroxylation is 1. The van der Waals surface area contributed by atoms with Crippen LogP contribution >= 0.6 is 11.3 Å². The van der Waals surface area contributed by atoms with Crippen LogP contribution in [0.3, 0.4) is 0 Å². The first-order chi connectivity index (χ1) is 13.6. The Hall–Kier alpha value is -2.84. The molecule has 0 bridgehead atoms. The molecule has 7 nitrogen and oxygen atoms in total. The number of amides is 1. The minimum absolute atomic E-state index is 0.0254. The molecule has 0 aliphatic carbocycles. The molecule has 0 unspecified atom stereocenters. The molecule has 1 aromatic carbocycles. The van der Waals surface area contributed by atoms with Crippen LogP contribution < -0.4 is 5.32 Å². The first-order valence-electron chi connectivity index (χ1n) is 9.02. The summed E-state index contributed by atoms with van der Waals surface area (Å²) in [5.74, 6) is -0.0254. The molecule has 0 spiro atoms. The van der Waals surface area contributed by atoms with E-state index in [1.165, 1.54) is 0 Å². The fraction of sp³-hybridized carbons (Fsp3) is 0.300. The van der Waals surface area contributed by atoms with Crippen molar-refractivity contribution >= 4 is 38.6 Å². The van der Waals surface area contributed by atoms with E-state index in [0.717, 1.165) is 37.5 Å². The molecule has 1 N–H and O–H groups in total. The highest BCUT2D eigenvalue weighted by molar-refractivity contribution is 7.21. The predicted octanol–water partition coefficient (Wildman–Crippen LogP) is 3.46. The van der Waals surface area contributed by atoms with E-state index in [-0.39, 0.29) is 11.9 Å². The van der Waals surface area contributed by atoms with Gasteiger partial charge in [-0.1, -0.05) is 29.5 Å². The van der Waals surface area contributed by atoms with Gasteiger partial charge in [-0.3, -0.25) is 4.79 Å². The van der Waals surface area contributed by atoms with Crippen LogP contribution in [0.2, 0.25) is 0 Å². The van der Waals surface area contributed by atoms with Gasteiger partial charge in [0.25, 0.3) is 0 Å². The van der Waals surface area contributed by atoms with Crippen LogP contribution in [0.4, 0.5) is 0 Å². The number of imidazole rings is 1. The summed E-state index contributed by atoms with van der Waals surface area (Å²) >= 11 is 1.56. The summed E-state index contributed by atoms with van der Waals surface area (Å²) in [4.78, 5) is 26.6. The highest BCUT2D eigenvalue weighted by Crippen LogP contribution is 2.33. The summed E-state index contributed by atoms with van der Waals surface area (Å²) in [5.41, 5.74) is 4.73. The number of pyridine rings is 1. The van der Waals surface area contributed by atoms with Gasteiger partial charge < -0.3 is 14.6 Å². The van der Waals surface area contributed by atoms with Crippen molar-refractivity contribution in [1.29, 1.82) is 0 Å². The molecule has 1 atom stereocenters. The predicted molar refractivity (Wildman–Crippen MR) is 110 cm³/mol. The molecule has 0 aliphatic heterocycles. The van der Waals surface area contributed by atoms with Crippen LogP contribution in [0.15, 0.2) is 36.8 Å². The standard InChI is InChI=1S/C20H21N5O2S/c1-12(23-16(26)7-8-27-3)13-5-4-6-14(9-13)19-24-17-18-15(22-11-25(18)2)10-21-20(17)28-19/h4-6,9-12H,7-8H2,1-3H3,(H,23,26)/t12-/m0/s1. The molecule has 4 aromatic rings. The third-order valence-electron chi connectivity index (χ3n) is 4.65. The van der Waals surface area contributed by atoms with Gasteiger partial charge in [-0.25, -0.2) is 15.0 Å². The van der Waals surface area contributed by atoms with E-state index < -0.39 is 0 Å².